The minimum absolute atomic E-state index is 0.910. The molecule has 1 aromatic heterocycles. The number of para-hydroxylation sites is 2. The molecule has 10 heteroatoms. The van der Waals surface area contributed by atoms with Gasteiger partial charge in [-0.2, -0.15) is 0 Å². The zero-order chi connectivity index (χ0) is 19.3. The molecular weight excluding hydrogens is 361 g/mol. The lowest BCUT2D eigenvalue weighted by Gasteiger charge is -2.08. The maximum atomic E-state index is 9.75. The summed E-state index contributed by atoms with van der Waals surface area (Å²) in [6.07, 6.45) is 2.43. The molecule has 0 spiro atoms. The molecule has 1 aliphatic heterocycles. The van der Waals surface area contributed by atoms with Crippen molar-refractivity contribution in [2.24, 2.45) is 0 Å². The van der Waals surface area contributed by atoms with Crippen molar-refractivity contribution >= 4 is 13.2 Å². The summed E-state index contributed by atoms with van der Waals surface area (Å²) in [5, 5.41) is 9.41. The molecule has 0 atom stereocenters. The van der Waals surface area contributed by atoms with E-state index in [1.807, 2.05) is 53.2 Å². The normalized spacial score (nSPS) is 14.0. The molecule has 0 radical (unpaired) electrons. The van der Waals surface area contributed by atoms with Crippen LogP contribution in [0.25, 0.3) is 11.4 Å². The Labute approximate surface area is 153 Å². The number of tetrazole rings is 1. The number of nitrogens with zero attached hydrogens (tertiary/aromatic N) is 5. The molecule has 3 aromatic rings. The van der Waals surface area contributed by atoms with Crippen LogP contribution in [0.5, 0.6) is 0 Å². The van der Waals surface area contributed by atoms with E-state index in [1.165, 1.54) is 12.8 Å². The SMILES string of the molecule is F[B-](F)(F)F.c1ccc(-n2nc(N3CCCC3)[n+](-c3ccccc3)n2)cc1. The summed E-state index contributed by atoms with van der Waals surface area (Å²) < 4.78 is 40.9. The third-order valence-electron chi connectivity index (χ3n) is 3.92. The second-order valence-electron chi connectivity index (χ2n) is 5.95. The molecule has 27 heavy (non-hydrogen) atoms. The van der Waals surface area contributed by atoms with Crippen molar-refractivity contribution in [2.75, 3.05) is 18.0 Å². The van der Waals surface area contributed by atoms with Crippen molar-refractivity contribution in [1.29, 1.82) is 0 Å². The standard InChI is InChI=1S/C17H18N5.BF4/c1-3-9-15(10-4-1)21-17(20-13-7-8-14-20)18-22(19-21)16-11-5-2-6-12-16;2-1(3,4)5/h1-6,9-12H,7-8,13-14H2;/q+1;-1. The van der Waals surface area contributed by atoms with E-state index in [2.05, 4.69) is 22.2 Å². The molecule has 142 valence electrons. The summed E-state index contributed by atoms with van der Waals surface area (Å²) in [7, 11) is -6.00. The van der Waals surface area contributed by atoms with Crippen molar-refractivity contribution in [2.45, 2.75) is 12.8 Å². The number of hydrogen-bond donors (Lipinski definition) is 0. The average Bonchev–Trinajstić information content (AvgIpc) is 3.31. The average molecular weight is 379 g/mol. The maximum Gasteiger partial charge on any atom is 0.673 e. The molecule has 1 saturated heterocycles. The minimum Gasteiger partial charge on any atom is -0.418 e. The molecule has 0 unspecified atom stereocenters. The van der Waals surface area contributed by atoms with Crippen LogP contribution in [0.3, 0.4) is 0 Å². The van der Waals surface area contributed by atoms with E-state index in [-0.39, 0.29) is 0 Å². The van der Waals surface area contributed by atoms with Gasteiger partial charge in [0.1, 0.15) is 11.4 Å². The molecule has 0 N–H and O–H groups in total. The molecule has 5 nitrogen and oxygen atoms in total. The highest BCUT2D eigenvalue weighted by Crippen LogP contribution is 2.16. The van der Waals surface area contributed by atoms with Crippen LogP contribution in [0.2, 0.25) is 0 Å². The van der Waals surface area contributed by atoms with Gasteiger partial charge in [0.15, 0.2) is 0 Å². The quantitative estimate of drug-likeness (QED) is 0.398. The van der Waals surface area contributed by atoms with Crippen molar-refractivity contribution in [3.63, 3.8) is 0 Å². The molecule has 2 heterocycles. The van der Waals surface area contributed by atoms with E-state index in [0.717, 1.165) is 30.4 Å². The lowest BCUT2D eigenvalue weighted by molar-refractivity contribution is -0.649. The summed E-state index contributed by atoms with van der Waals surface area (Å²) >= 11 is 0. The molecule has 0 bridgehead atoms. The van der Waals surface area contributed by atoms with Crippen LogP contribution in [-0.2, 0) is 0 Å². The summed E-state index contributed by atoms with van der Waals surface area (Å²) in [5.41, 5.74) is 2.00. The molecule has 1 fully saturated rings. The second-order valence-corrected chi connectivity index (χ2v) is 5.95. The smallest absolute Gasteiger partial charge is 0.418 e. The molecule has 0 saturated carbocycles. The Kier molecular flexibility index (Phi) is 5.73. The number of rotatable bonds is 3. The van der Waals surface area contributed by atoms with E-state index < -0.39 is 7.25 Å². The van der Waals surface area contributed by atoms with Crippen LogP contribution in [0.4, 0.5) is 23.2 Å². The van der Waals surface area contributed by atoms with Gasteiger partial charge in [-0.1, -0.05) is 41.1 Å². The van der Waals surface area contributed by atoms with Gasteiger partial charge in [-0.3, -0.25) is 4.90 Å². The highest BCUT2D eigenvalue weighted by molar-refractivity contribution is 6.50. The first-order valence-corrected chi connectivity index (χ1v) is 8.54. The first-order valence-electron chi connectivity index (χ1n) is 8.54. The number of aromatic nitrogens is 4. The van der Waals surface area contributed by atoms with Crippen LogP contribution >= 0.6 is 0 Å². The van der Waals surface area contributed by atoms with Crippen LogP contribution in [0.15, 0.2) is 60.7 Å². The van der Waals surface area contributed by atoms with E-state index in [9.17, 15) is 17.3 Å². The summed E-state index contributed by atoms with van der Waals surface area (Å²) in [6, 6.07) is 20.2. The van der Waals surface area contributed by atoms with Crippen molar-refractivity contribution < 1.29 is 21.9 Å². The van der Waals surface area contributed by atoms with Gasteiger partial charge in [0.05, 0.1) is 18.2 Å². The number of halogens is 4. The summed E-state index contributed by atoms with van der Waals surface area (Å²) in [4.78, 5) is 4.01. The van der Waals surface area contributed by atoms with Crippen LogP contribution in [0, 0.1) is 0 Å². The Bertz CT molecular complexity index is 843. The van der Waals surface area contributed by atoms with Gasteiger partial charge >= 0.3 is 13.2 Å². The monoisotopic (exact) mass is 379 g/mol. The van der Waals surface area contributed by atoms with Gasteiger partial charge < -0.3 is 17.3 Å². The van der Waals surface area contributed by atoms with E-state index in [4.69, 9.17) is 5.10 Å². The van der Waals surface area contributed by atoms with Crippen LogP contribution < -0.4 is 9.58 Å². The first kappa shape index (κ1) is 18.9. The molecule has 4 rings (SSSR count). The Morgan fingerprint density at radius 2 is 1.33 bits per heavy atom. The summed E-state index contributed by atoms with van der Waals surface area (Å²) in [5.74, 6) is 0.910. The zero-order valence-electron chi connectivity index (χ0n) is 14.4. The highest BCUT2D eigenvalue weighted by atomic mass is 19.5. The molecule has 1 aliphatic rings. The third kappa shape index (κ3) is 5.29. The molecule has 2 aromatic carbocycles. The van der Waals surface area contributed by atoms with Gasteiger partial charge in [0.2, 0.25) is 0 Å². The Balaban J connectivity index is 0.000000376. The fraction of sp³-hybridized carbons (Fsp3) is 0.235. The fourth-order valence-corrected chi connectivity index (χ4v) is 2.79. The third-order valence-corrected chi connectivity index (χ3v) is 3.92. The van der Waals surface area contributed by atoms with Gasteiger partial charge in [-0.25, -0.2) is 0 Å². The first-order chi connectivity index (χ1) is 12.9. The zero-order valence-corrected chi connectivity index (χ0v) is 14.4. The van der Waals surface area contributed by atoms with Crippen LogP contribution in [0.1, 0.15) is 12.8 Å². The van der Waals surface area contributed by atoms with Crippen molar-refractivity contribution in [1.82, 2.24) is 15.1 Å². The Morgan fingerprint density at radius 3 is 1.89 bits per heavy atom. The maximum absolute atomic E-state index is 9.75. The largest absolute Gasteiger partial charge is 0.673 e. The lowest BCUT2D eigenvalue weighted by atomic mass is 10.3. The van der Waals surface area contributed by atoms with Gasteiger partial charge in [-0.05, 0) is 41.9 Å². The predicted molar refractivity (Wildman–Crippen MR) is 94.5 cm³/mol. The van der Waals surface area contributed by atoms with Gasteiger partial charge in [0, 0.05) is 5.21 Å². The Hall–Kier alpha value is -2.91. The highest BCUT2D eigenvalue weighted by Gasteiger charge is 2.29. The van der Waals surface area contributed by atoms with E-state index >= 15 is 0 Å². The molecule has 0 amide bonds. The fourth-order valence-electron chi connectivity index (χ4n) is 2.79. The lowest BCUT2D eigenvalue weighted by Crippen LogP contribution is -2.40. The summed E-state index contributed by atoms with van der Waals surface area (Å²) in [6.45, 7) is 2.08. The van der Waals surface area contributed by atoms with Crippen molar-refractivity contribution in [3.8, 4) is 11.4 Å². The predicted octanol–water partition coefficient (Wildman–Crippen LogP) is 3.44. The minimum atomic E-state index is -6.00. The number of hydrogen-bond acceptors (Lipinski definition) is 3. The molecular formula is C17H18BF4N5. The van der Waals surface area contributed by atoms with Crippen molar-refractivity contribution in [3.05, 3.63) is 60.7 Å². The topological polar surface area (TPSA) is 37.8 Å². The van der Waals surface area contributed by atoms with E-state index in [1.54, 1.807) is 4.80 Å². The molecule has 0 aliphatic carbocycles. The Morgan fingerprint density at radius 1 is 0.815 bits per heavy atom. The second kappa shape index (κ2) is 8.19. The van der Waals surface area contributed by atoms with Gasteiger partial charge in [-0.15, -0.1) is 0 Å². The van der Waals surface area contributed by atoms with E-state index in [0.29, 0.717) is 0 Å². The number of anilines is 1. The van der Waals surface area contributed by atoms with Gasteiger partial charge in [0.25, 0.3) is 0 Å². The van der Waals surface area contributed by atoms with Crippen LogP contribution in [-0.4, -0.2) is 35.5 Å². The number of benzene rings is 2.